The molecule has 0 unspecified atom stereocenters. The average Bonchev–Trinajstić information content (AvgIpc) is 2.22. The highest BCUT2D eigenvalue weighted by Crippen LogP contribution is 2.24. The summed E-state index contributed by atoms with van der Waals surface area (Å²) >= 11 is 0. The molecular weight excluding hydrogens is 216 g/mol. The lowest BCUT2D eigenvalue weighted by Crippen LogP contribution is -2.66. The van der Waals surface area contributed by atoms with Gasteiger partial charge in [0.1, 0.15) is 0 Å². The second kappa shape index (κ2) is 4.49. The minimum atomic E-state index is -0.114. The zero-order chi connectivity index (χ0) is 12.5. The predicted molar refractivity (Wildman–Crippen MR) is 67.4 cm³/mol. The molecule has 1 aliphatic heterocycles. The molecular formula is C12H20N4O. The molecule has 2 heterocycles. The summed E-state index contributed by atoms with van der Waals surface area (Å²) in [6, 6.07) is 1.86. The van der Waals surface area contributed by atoms with Crippen molar-refractivity contribution in [1.82, 2.24) is 9.97 Å². The highest BCUT2D eigenvalue weighted by Gasteiger charge is 2.36. The van der Waals surface area contributed by atoms with E-state index in [0.717, 1.165) is 31.2 Å². The van der Waals surface area contributed by atoms with Crippen molar-refractivity contribution in [3.63, 3.8) is 0 Å². The fourth-order valence-electron chi connectivity index (χ4n) is 1.91. The summed E-state index contributed by atoms with van der Waals surface area (Å²) in [5.74, 6) is 1.37. The zero-order valence-corrected chi connectivity index (χ0v) is 10.7. The van der Waals surface area contributed by atoms with Gasteiger partial charge in [-0.1, -0.05) is 6.92 Å². The first-order valence-corrected chi connectivity index (χ1v) is 6.02. The zero-order valence-electron chi connectivity index (χ0n) is 10.7. The van der Waals surface area contributed by atoms with E-state index in [1.807, 2.05) is 19.9 Å². The summed E-state index contributed by atoms with van der Waals surface area (Å²) in [5.41, 5.74) is 6.79. The summed E-state index contributed by atoms with van der Waals surface area (Å²) in [5, 5.41) is 0. The lowest BCUT2D eigenvalue weighted by Gasteiger charge is -2.45. The van der Waals surface area contributed by atoms with Crippen molar-refractivity contribution < 1.29 is 4.74 Å². The molecule has 1 fully saturated rings. The fraction of sp³-hybridized carbons (Fsp3) is 0.667. The average molecular weight is 236 g/mol. The molecule has 1 saturated heterocycles. The highest BCUT2D eigenvalue weighted by atomic mass is 16.5. The van der Waals surface area contributed by atoms with E-state index in [1.54, 1.807) is 0 Å². The van der Waals surface area contributed by atoms with Crippen molar-refractivity contribution in [3.8, 4) is 5.88 Å². The SMILES string of the molecule is CCCOc1cc(C)nc(N2CC(C)(N)C2)n1. The monoisotopic (exact) mass is 236 g/mol. The number of hydrogen-bond acceptors (Lipinski definition) is 5. The molecule has 17 heavy (non-hydrogen) atoms. The van der Waals surface area contributed by atoms with E-state index in [2.05, 4.69) is 21.8 Å². The number of rotatable bonds is 4. The van der Waals surface area contributed by atoms with Crippen LogP contribution in [0.4, 0.5) is 5.95 Å². The second-order valence-corrected chi connectivity index (χ2v) is 5.01. The molecule has 5 heteroatoms. The Morgan fingerprint density at radius 1 is 1.47 bits per heavy atom. The van der Waals surface area contributed by atoms with Crippen molar-refractivity contribution in [2.24, 2.45) is 5.73 Å². The van der Waals surface area contributed by atoms with Crippen LogP contribution in [-0.2, 0) is 0 Å². The molecule has 5 nitrogen and oxygen atoms in total. The van der Waals surface area contributed by atoms with Crippen LogP contribution in [0.15, 0.2) is 6.07 Å². The lowest BCUT2D eigenvalue weighted by molar-refractivity contribution is 0.302. The Morgan fingerprint density at radius 2 is 2.18 bits per heavy atom. The fourth-order valence-corrected chi connectivity index (χ4v) is 1.91. The third-order valence-electron chi connectivity index (χ3n) is 2.66. The number of aryl methyl sites for hydroxylation is 1. The van der Waals surface area contributed by atoms with Crippen LogP contribution in [0.1, 0.15) is 26.0 Å². The van der Waals surface area contributed by atoms with Gasteiger partial charge >= 0.3 is 0 Å². The van der Waals surface area contributed by atoms with Gasteiger partial charge in [0.05, 0.1) is 6.61 Å². The third-order valence-corrected chi connectivity index (χ3v) is 2.66. The van der Waals surface area contributed by atoms with E-state index in [4.69, 9.17) is 10.5 Å². The van der Waals surface area contributed by atoms with Crippen LogP contribution in [0.3, 0.4) is 0 Å². The minimum Gasteiger partial charge on any atom is -0.478 e. The highest BCUT2D eigenvalue weighted by molar-refractivity contribution is 5.40. The Hall–Kier alpha value is -1.36. The summed E-state index contributed by atoms with van der Waals surface area (Å²) in [6.45, 7) is 8.33. The van der Waals surface area contributed by atoms with E-state index < -0.39 is 0 Å². The summed E-state index contributed by atoms with van der Waals surface area (Å²) in [6.07, 6.45) is 0.975. The minimum absolute atomic E-state index is 0.114. The third kappa shape index (κ3) is 2.85. The number of ether oxygens (including phenoxy) is 1. The van der Waals surface area contributed by atoms with Crippen LogP contribution in [0.25, 0.3) is 0 Å². The molecule has 0 saturated carbocycles. The van der Waals surface area contributed by atoms with Crippen LogP contribution in [0, 0.1) is 6.92 Å². The van der Waals surface area contributed by atoms with Crippen LogP contribution in [-0.4, -0.2) is 35.2 Å². The molecule has 2 N–H and O–H groups in total. The van der Waals surface area contributed by atoms with Gasteiger partial charge in [-0.15, -0.1) is 0 Å². The maximum atomic E-state index is 5.98. The second-order valence-electron chi connectivity index (χ2n) is 5.01. The smallest absolute Gasteiger partial charge is 0.228 e. The first-order chi connectivity index (χ1) is 8.00. The lowest BCUT2D eigenvalue weighted by atomic mass is 9.94. The Bertz CT molecular complexity index is 397. The first kappa shape index (κ1) is 12.1. The molecule has 0 aliphatic carbocycles. The number of hydrogen-bond donors (Lipinski definition) is 1. The van der Waals surface area contributed by atoms with E-state index in [1.165, 1.54) is 0 Å². The Kier molecular flexibility index (Phi) is 3.19. The summed E-state index contributed by atoms with van der Waals surface area (Å²) in [7, 11) is 0. The van der Waals surface area contributed by atoms with Crippen molar-refractivity contribution in [3.05, 3.63) is 11.8 Å². The number of anilines is 1. The van der Waals surface area contributed by atoms with E-state index in [9.17, 15) is 0 Å². The van der Waals surface area contributed by atoms with Crippen molar-refractivity contribution >= 4 is 5.95 Å². The largest absolute Gasteiger partial charge is 0.478 e. The van der Waals surface area contributed by atoms with Crippen molar-refractivity contribution in [1.29, 1.82) is 0 Å². The van der Waals surface area contributed by atoms with Gasteiger partial charge < -0.3 is 15.4 Å². The van der Waals surface area contributed by atoms with Crippen LogP contribution in [0.5, 0.6) is 5.88 Å². The molecule has 94 valence electrons. The molecule has 1 aromatic rings. The van der Waals surface area contributed by atoms with Crippen LogP contribution in [0.2, 0.25) is 0 Å². The van der Waals surface area contributed by atoms with Gasteiger partial charge in [0.2, 0.25) is 11.8 Å². The Labute approximate surface area is 102 Å². The van der Waals surface area contributed by atoms with Gasteiger partial charge in [0, 0.05) is 30.4 Å². The van der Waals surface area contributed by atoms with Crippen molar-refractivity contribution in [2.75, 3.05) is 24.6 Å². The number of nitrogens with zero attached hydrogens (tertiary/aromatic N) is 3. The Balaban J connectivity index is 2.10. The Morgan fingerprint density at radius 3 is 2.76 bits per heavy atom. The van der Waals surface area contributed by atoms with E-state index >= 15 is 0 Å². The number of nitrogens with two attached hydrogens (primary N) is 1. The first-order valence-electron chi connectivity index (χ1n) is 6.02. The molecule has 0 atom stereocenters. The quantitative estimate of drug-likeness (QED) is 0.848. The molecule has 2 rings (SSSR count). The van der Waals surface area contributed by atoms with Gasteiger partial charge in [0.15, 0.2) is 0 Å². The van der Waals surface area contributed by atoms with Crippen LogP contribution < -0.4 is 15.4 Å². The van der Waals surface area contributed by atoms with Gasteiger partial charge in [-0.2, -0.15) is 4.98 Å². The van der Waals surface area contributed by atoms with E-state index in [0.29, 0.717) is 12.5 Å². The van der Waals surface area contributed by atoms with Crippen molar-refractivity contribution in [2.45, 2.75) is 32.7 Å². The molecule has 0 radical (unpaired) electrons. The van der Waals surface area contributed by atoms with Gasteiger partial charge in [0.25, 0.3) is 0 Å². The topological polar surface area (TPSA) is 64.3 Å². The molecule has 0 aromatic carbocycles. The molecule has 1 aromatic heterocycles. The summed E-state index contributed by atoms with van der Waals surface area (Å²) in [4.78, 5) is 10.9. The standard InChI is InChI=1S/C12H20N4O/c1-4-5-17-10-6-9(2)14-11(15-10)16-7-12(3,13)8-16/h6H,4-5,7-8,13H2,1-3H3. The predicted octanol–water partition coefficient (Wildman–Crippen LogP) is 1.11. The molecule has 0 amide bonds. The van der Waals surface area contributed by atoms with Gasteiger partial charge in [-0.25, -0.2) is 4.98 Å². The van der Waals surface area contributed by atoms with Crippen LogP contribution >= 0.6 is 0 Å². The van der Waals surface area contributed by atoms with E-state index in [-0.39, 0.29) is 5.54 Å². The van der Waals surface area contributed by atoms with Gasteiger partial charge in [-0.05, 0) is 20.3 Å². The maximum absolute atomic E-state index is 5.98. The maximum Gasteiger partial charge on any atom is 0.228 e. The molecule has 0 spiro atoms. The molecule has 0 bridgehead atoms. The van der Waals surface area contributed by atoms with Gasteiger partial charge in [-0.3, -0.25) is 0 Å². The summed E-state index contributed by atoms with van der Waals surface area (Å²) < 4.78 is 5.54. The normalized spacial score (nSPS) is 17.8. The number of aromatic nitrogens is 2. The molecule has 1 aliphatic rings.